The molecule has 7 nitrogen and oxygen atoms in total. The van der Waals surface area contributed by atoms with Gasteiger partial charge in [0.05, 0.1) is 25.5 Å². The monoisotopic (exact) mass is 254 g/mol. The van der Waals surface area contributed by atoms with Gasteiger partial charge in [-0.25, -0.2) is 4.68 Å². The van der Waals surface area contributed by atoms with Crippen LogP contribution >= 0.6 is 0 Å². The van der Waals surface area contributed by atoms with E-state index in [0.717, 1.165) is 0 Å². The minimum Gasteiger partial charge on any atom is -0.387 e. The molecule has 1 N–H and O–H groups in total. The molecular weight excluding hydrogens is 236 g/mol. The van der Waals surface area contributed by atoms with Gasteiger partial charge in [-0.3, -0.25) is 4.79 Å². The Morgan fingerprint density at radius 2 is 2.11 bits per heavy atom. The molecule has 0 aromatic carbocycles. The van der Waals surface area contributed by atoms with Crippen LogP contribution in [0.5, 0.6) is 0 Å². The van der Waals surface area contributed by atoms with Crippen LogP contribution in [0.15, 0.2) is 6.20 Å². The van der Waals surface area contributed by atoms with Crippen LogP contribution in [0.25, 0.3) is 0 Å². The average Bonchev–Trinajstić information content (AvgIpc) is 2.88. The van der Waals surface area contributed by atoms with Crippen LogP contribution in [0.2, 0.25) is 0 Å². The maximum absolute atomic E-state index is 12.2. The fourth-order valence-corrected chi connectivity index (χ4v) is 1.83. The number of hydrogen-bond acceptors (Lipinski definition) is 5. The molecular formula is C11H18N4O3. The number of nitrogens with zero attached hydrogens (tertiary/aromatic N) is 4. The first-order chi connectivity index (χ1) is 8.59. The molecule has 18 heavy (non-hydrogen) atoms. The van der Waals surface area contributed by atoms with E-state index in [9.17, 15) is 9.90 Å². The normalized spacial score (nSPS) is 19.6. The maximum Gasteiger partial charge on any atom is 0.247 e. The Kier molecular flexibility index (Phi) is 3.93. The van der Waals surface area contributed by atoms with Crippen molar-refractivity contribution in [3.63, 3.8) is 0 Å². The highest BCUT2D eigenvalue weighted by Gasteiger charge is 2.24. The van der Waals surface area contributed by atoms with Gasteiger partial charge in [-0.2, -0.15) is 0 Å². The number of carbonyl (C=O) groups is 1. The zero-order chi connectivity index (χ0) is 13.1. The van der Waals surface area contributed by atoms with Crippen molar-refractivity contribution in [2.75, 3.05) is 26.3 Å². The summed E-state index contributed by atoms with van der Waals surface area (Å²) in [5.41, 5.74) is 0.469. The van der Waals surface area contributed by atoms with Gasteiger partial charge in [-0.05, 0) is 13.8 Å². The number of aliphatic hydroxyl groups excluding tert-OH is 1. The molecule has 0 saturated carbocycles. The van der Waals surface area contributed by atoms with Crippen molar-refractivity contribution in [3.8, 4) is 0 Å². The number of aliphatic hydroxyl groups is 1. The molecule has 0 bridgehead atoms. The molecule has 1 fully saturated rings. The molecule has 0 radical (unpaired) electrons. The van der Waals surface area contributed by atoms with Crippen LogP contribution in [0.4, 0.5) is 0 Å². The quantitative estimate of drug-likeness (QED) is 0.804. The fraction of sp³-hybridized carbons (Fsp3) is 0.727. The van der Waals surface area contributed by atoms with E-state index in [1.807, 2.05) is 0 Å². The lowest BCUT2D eigenvalue weighted by atomic mass is 10.2. The summed E-state index contributed by atoms with van der Waals surface area (Å²) in [6, 6.07) is -0.414. The second-order valence-electron chi connectivity index (χ2n) is 4.41. The Morgan fingerprint density at radius 3 is 2.67 bits per heavy atom. The van der Waals surface area contributed by atoms with Gasteiger partial charge in [-0.1, -0.05) is 5.21 Å². The standard InChI is InChI=1S/C11H18N4O3/c1-8(11(17)14-3-5-18-6-4-14)15-7-10(9(2)16)12-13-15/h7-9,16H,3-6H2,1-2H3. The maximum atomic E-state index is 12.2. The van der Waals surface area contributed by atoms with Crippen LogP contribution in [0, 0.1) is 0 Å². The van der Waals surface area contributed by atoms with E-state index in [1.165, 1.54) is 4.68 Å². The Morgan fingerprint density at radius 1 is 1.44 bits per heavy atom. The van der Waals surface area contributed by atoms with Gasteiger partial charge in [0.2, 0.25) is 5.91 Å². The van der Waals surface area contributed by atoms with Gasteiger partial charge in [0.1, 0.15) is 11.7 Å². The van der Waals surface area contributed by atoms with Crippen molar-refractivity contribution in [1.29, 1.82) is 0 Å². The molecule has 2 rings (SSSR count). The van der Waals surface area contributed by atoms with Crippen molar-refractivity contribution >= 4 is 5.91 Å². The van der Waals surface area contributed by atoms with E-state index < -0.39 is 12.1 Å². The van der Waals surface area contributed by atoms with Gasteiger partial charge in [-0.15, -0.1) is 5.10 Å². The third kappa shape index (κ3) is 2.68. The zero-order valence-electron chi connectivity index (χ0n) is 10.6. The van der Waals surface area contributed by atoms with Gasteiger partial charge in [0, 0.05) is 13.1 Å². The van der Waals surface area contributed by atoms with Crippen molar-refractivity contribution in [2.45, 2.75) is 26.0 Å². The number of amides is 1. The number of rotatable bonds is 3. The smallest absolute Gasteiger partial charge is 0.247 e. The first-order valence-corrected chi connectivity index (χ1v) is 6.06. The third-order valence-electron chi connectivity index (χ3n) is 3.03. The fourth-order valence-electron chi connectivity index (χ4n) is 1.83. The molecule has 2 unspecified atom stereocenters. The Bertz CT molecular complexity index is 412. The highest BCUT2D eigenvalue weighted by Crippen LogP contribution is 2.13. The van der Waals surface area contributed by atoms with Crippen LogP contribution in [-0.2, 0) is 9.53 Å². The van der Waals surface area contributed by atoms with Gasteiger partial charge >= 0.3 is 0 Å². The number of morpholine rings is 1. The number of hydrogen-bond donors (Lipinski definition) is 1. The summed E-state index contributed by atoms with van der Waals surface area (Å²) in [7, 11) is 0. The minimum absolute atomic E-state index is 0.000317. The van der Waals surface area contributed by atoms with E-state index >= 15 is 0 Å². The third-order valence-corrected chi connectivity index (χ3v) is 3.03. The van der Waals surface area contributed by atoms with Gasteiger partial charge < -0.3 is 14.7 Å². The molecule has 1 aliphatic heterocycles. The molecule has 0 spiro atoms. The summed E-state index contributed by atoms with van der Waals surface area (Å²) in [4.78, 5) is 14.0. The molecule has 0 aliphatic carbocycles. The average molecular weight is 254 g/mol. The van der Waals surface area contributed by atoms with Crippen molar-refractivity contribution in [1.82, 2.24) is 19.9 Å². The molecule has 2 heterocycles. The summed E-state index contributed by atoms with van der Waals surface area (Å²) in [6.07, 6.45) is 0.928. The van der Waals surface area contributed by atoms with E-state index in [1.54, 1.807) is 24.9 Å². The summed E-state index contributed by atoms with van der Waals surface area (Å²) in [5, 5.41) is 17.1. The molecule has 100 valence electrons. The van der Waals surface area contributed by atoms with Crippen molar-refractivity contribution in [3.05, 3.63) is 11.9 Å². The van der Waals surface area contributed by atoms with E-state index in [0.29, 0.717) is 32.0 Å². The SMILES string of the molecule is CC(O)c1cn(C(C)C(=O)N2CCOCC2)nn1. The lowest BCUT2D eigenvalue weighted by Crippen LogP contribution is -2.43. The molecule has 1 aromatic rings. The highest BCUT2D eigenvalue weighted by atomic mass is 16.5. The van der Waals surface area contributed by atoms with E-state index in [-0.39, 0.29) is 5.91 Å². The van der Waals surface area contributed by atoms with Crippen molar-refractivity contribution in [2.24, 2.45) is 0 Å². The lowest BCUT2D eigenvalue weighted by molar-refractivity contribution is -0.138. The van der Waals surface area contributed by atoms with Crippen LogP contribution in [0.1, 0.15) is 31.7 Å². The predicted molar refractivity (Wildman–Crippen MR) is 62.8 cm³/mol. The Balaban J connectivity index is 2.04. The van der Waals surface area contributed by atoms with Crippen LogP contribution in [-0.4, -0.2) is 57.2 Å². The Labute approximate surface area is 105 Å². The highest BCUT2D eigenvalue weighted by molar-refractivity contribution is 5.80. The molecule has 1 amide bonds. The van der Waals surface area contributed by atoms with Crippen LogP contribution in [0.3, 0.4) is 0 Å². The molecule has 1 aromatic heterocycles. The zero-order valence-corrected chi connectivity index (χ0v) is 10.6. The topological polar surface area (TPSA) is 80.5 Å². The second kappa shape index (κ2) is 5.45. The minimum atomic E-state index is -0.676. The number of aromatic nitrogens is 3. The second-order valence-corrected chi connectivity index (χ2v) is 4.41. The molecule has 1 aliphatic rings. The first kappa shape index (κ1) is 13.0. The summed E-state index contributed by atoms with van der Waals surface area (Å²) < 4.78 is 6.70. The first-order valence-electron chi connectivity index (χ1n) is 6.06. The predicted octanol–water partition coefficient (Wildman–Crippen LogP) is -0.249. The largest absolute Gasteiger partial charge is 0.387 e. The van der Waals surface area contributed by atoms with Crippen LogP contribution < -0.4 is 0 Å². The van der Waals surface area contributed by atoms with Crippen molar-refractivity contribution < 1.29 is 14.6 Å². The number of carbonyl (C=O) groups excluding carboxylic acids is 1. The Hall–Kier alpha value is -1.47. The molecule has 2 atom stereocenters. The van der Waals surface area contributed by atoms with Gasteiger partial charge in [0.15, 0.2) is 0 Å². The molecule has 7 heteroatoms. The summed E-state index contributed by atoms with van der Waals surface area (Å²) >= 11 is 0. The lowest BCUT2D eigenvalue weighted by Gasteiger charge is -2.29. The number of ether oxygens (including phenoxy) is 1. The molecule has 1 saturated heterocycles. The summed E-state index contributed by atoms with van der Waals surface area (Å²) in [5.74, 6) is 0.000317. The van der Waals surface area contributed by atoms with E-state index in [4.69, 9.17) is 4.74 Å². The van der Waals surface area contributed by atoms with E-state index in [2.05, 4.69) is 10.3 Å². The van der Waals surface area contributed by atoms with Gasteiger partial charge in [0.25, 0.3) is 0 Å². The summed E-state index contributed by atoms with van der Waals surface area (Å²) in [6.45, 7) is 5.77.